The third kappa shape index (κ3) is 4.31. The lowest BCUT2D eigenvalue weighted by Crippen LogP contribution is -2.36. The van der Waals surface area contributed by atoms with Gasteiger partial charge in [-0.05, 0) is 44.4 Å². The van der Waals surface area contributed by atoms with Crippen LogP contribution in [0.15, 0.2) is 47.3 Å². The minimum Gasteiger partial charge on any atom is -0.349 e. The molecule has 0 unspecified atom stereocenters. The summed E-state index contributed by atoms with van der Waals surface area (Å²) in [7, 11) is 0. The van der Waals surface area contributed by atoms with E-state index in [1.807, 2.05) is 25.1 Å². The molecule has 1 atom stereocenters. The Kier molecular flexibility index (Phi) is 4.93. The Morgan fingerprint density at radius 3 is 2.57 bits per heavy atom. The second-order valence-electron chi connectivity index (χ2n) is 5.28. The van der Waals surface area contributed by atoms with Gasteiger partial charge < -0.3 is 10.3 Å². The third-order valence-electron chi connectivity index (χ3n) is 3.39. The second kappa shape index (κ2) is 6.88. The Bertz CT molecular complexity index is 662. The molecule has 1 heterocycles. The molecular formula is C17H20N2O2. The van der Waals surface area contributed by atoms with Crippen molar-refractivity contribution in [3.63, 3.8) is 0 Å². The number of benzene rings is 1. The van der Waals surface area contributed by atoms with Gasteiger partial charge >= 0.3 is 0 Å². The Hall–Kier alpha value is -2.36. The summed E-state index contributed by atoms with van der Waals surface area (Å²) in [4.78, 5) is 26.4. The van der Waals surface area contributed by atoms with Crippen molar-refractivity contribution in [1.82, 2.24) is 10.3 Å². The van der Waals surface area contributed by atoms with Crippen molar-refractivity contribution < 1.29 is 4.79 Å². The fraction of sp³-hybridized carbons (Fsp3) is 0.294. The topological polar surface area (TPSA) is 62.0 Å². The number of aryl methyl sites for hydroxylation is 2. The molecule has 4 nitrogen and oxygen atoms in total. The van der Waals surface area contributed by atoms with Gasteiger partial charge in [-0.1, -0.05) is 30.3 Å². The zero-order valence-corrected chi connectivity index (χ0v) is 12.3. The molecule has 4 heteroatoms. The molecule has 2 aromatic rings. The maximum Gasteiger partial charge on any atom is 0.260 e. The monoisotopic (exact) mass is 284 g/mol. The standard InChI is InChI=1S/C17H20N2O2/c1-12(8-10-14-6-4-3-5-7-14)18-16(20)15-11-9-13(2)19-17(15)21/h3-7,9,11-12H,8,10H2,1-2H3,(H,18,20)(H,19,21)/t12-/m0/s1. The summed E-state index contributed by atoms with van der Waals surface area (Å²) in [5.74, 6) is -0.322. The highest BCUT2D eigenvalue weighted by Crippen LogP contribution is 2.05. The van der Waals surface area contributed by atoms with E-state index < -0.39 is 0 Å². The molecule has 0 saturated carbocycles. The summed E-state index contributed by atoms with van der Waals surface area (Å²) in [5.41, 5.74) is 1.80. The molecule has 1 amide bonds. The number of H-pyrrole nitrogens is 1. The molecule has 0 fully saturated rings. The van der Waals surface area contributed by atoms with Crippen molar-refractivity contribution in [2.45, 2.75) is 32.7 Å². The van der Waals surface area contributed by atoms with Crippen LogP contribution in [0.25, 0.3) is 0 Å². The smallest absolute Gasteiger partial charge is 0.260 e. The summed E-state index contributed by atoms with van der Waals surface area (Å²) < 4.78 is 0. The van der Waals surface area contributed by atoms with Crippen molar-refractivity contribution in [3.05, 3.63) is 69.6 Å². The van der Waals surface area contributed by atoms with E-state index >= 15 is 0 Å². The molecule has 0 aliphatic rings. The quantitative estimate of drug-likeness (QED) is 0.886. The predicted octanol–water partition coefficient (Wildman–Crippen LogP) is 2.43. The molecule has 0 aliphatic heterocycles. The lowest BCUT2D eigenvalue weighted by atomic mass is 10.1. The number of carbonyl (C=O) groups is 1. The molecular weight excluding hydrogens is 264 g/mol. The molecule has 1 aromatic carbocycles. The van der Waals surface area contributed by atoms with Gasteiger partial charge in [0.25, 0.3) is 11.5 Å². The van der Waals surface area contributed by atoms with Crippen molar-refractivity contribution in [3.8, 4) is 0 Å². The first kappa shape index (κ1) is 15.0. The van der Waals surface area contributed by atoms with Gasteiger partial charge in [-0.25, -0.2) is 0 Å². The maximum atomic E-state index is 12.1. The van der Waals surface area contributed by atoms with Gasteiger partial charge in [0, 0.05) is 11.7 Å². The van der Waals surface area contributed by atoms with Crippen molar-refractivity contribution in [2.75, 3.05) is 0 Å². The highest BCUT2D eigenvalue weighted by atomic mass is 16.2. The number of pyridine rings is 1. The van der Waals surface area contributed by atoms with E-state index in [4.69, 9.17) is 0 Å². The van der Waals surface area contributed by atoms with Crippen LogP contribution in [0.4, 0.5) is 0 Å². The number of hydrogen-bond acceptors (Lipinski definition) is 2. The van der Waals surface area contributed by atoms with E-state index in [9.17, 15) is 9.59 Å². The van der Waals surface area contributed by atoms with Crippen LogP contribution < -0.4 is 10.9 Å². The van der Waals surface area contributed by atoms with Gasteiger partial charge in [0.05, 0.1) is 0 Å². The summed E-state index contributed by atoms with van der Waals surface area (Å²) in [6, 6.07) is 13.4. The predicted molar refractivity (Wildman–Crippen MR) is 83.5 cm³/mol. The fourth-order valence-electron chi connectivity index (χ4n) is 2.15. The van der Waals surface area contributed by atoms with Crippen LogP contribution in [-0.2, 0) is 6.42 Å². The molecule has 2 rings (SSSR count). The number of aromatic nitrogens is 1. The van der Waals surface area contributed by atoms with Crippen molar-refractivity contribution >= 4 is 5.91 Å². The summed E-state index contributed by atoms with van der Waals surface area (Å²) >= 11 is 0. The van der Waals surface area contributed by atoms with Crippen LogP contribution in [0.2, 0.25) is 0 Å². The Balaban J connectivity index is 1.91. The summed E-state index contributed by atoms with van der Waals surface area (Å²) in [6.07, 6.45) is 1.73. The normalized spacial score (nSPS) is 11.9. The molecule has 110 valence electrons. The van der Waals surface area contributed by atoms with Gasteiger partial charge in [-0.2, -0.15) is 0 Å². The lowest BCUT2D eigenvalue weighted by Gasteiger charge is -2.13. The van der Waals surface area contributed by atoms with Crippen LogP contribution in [0.3, 0.4) is 0 Å². The minimum atomic E-state index is -0.345. The van der Waals surface area contributed by atoms with Crippen LogP contribution in [0.1, 0.15) is 35.0 Å². The van der Waals surface area contributed by atoms with E-state index in [1.54, 1.807) is 19.1 Å². The van der Waals surface area contributed by atoms with Gasteiger partial charge in [-0.15, -0.1) is 0 Å². The van der Waals surface area contributed by atoms with E-state index in [2.05, 4.69) is 22.4 Å². The highest BCUT2D eigenvalue weighted by molar-refractivity contribution is 5.93. The molecule has 1 aromatic heterocycles. The number of nitrogens with one attached hydrogen (secondary N) is 2. The van der Waals surface area contributed by atoms with Crippen LogP contribution in [0.5, 0.6) is 0 Å². The number of aromatic amines is 1. The Morgan fingerprint density at radius 1 is 1.19 bits per heavy atom. The van der Waals surface area contributed by atoms with Crippen LogP contribution in [0, 0.1) is 6.92 Å². The number of rotatable bonds is 5. The largest absolute Gasteiger partial charge is 0.349 e. The molecule has 0 radical (unpaired) electrons. The minimum absolute atomic E-state index is 0.0124. The Morgan fingerprint density at radius 2 is 1.90 bits per heavy atom. The maximum absolute atomic E-state index is 12.1. The molecule has 0 bridgehead atoms. The third-order valence-corrected chi connectivity index (χ3v) is 3.39. The average Bonchev–Trinajstić information content (AvgIpc) is 2.46. The number of carbonyl (C=O) groups excluding carboxylic acids is 1. The van der Waals surface area contributed by atoms with E-state index in [0.29, 0.717) is 0 Å². The molecule has 0 aliphatic carbocycles. The SMILES string of the molecule is Cc1ccc(C(=O)N[C@@H](C)CCc2ccccc2)c(=O)[nH]1. The van der Waals surface area contributed by atoms with Crippen LogP contribution >= 0.6 is 0 Å². The van der Waals surface area contributed by atoms with Gasteiger partial charge in [-0.3, -0.25) is 9.59 Å². The zero-order chi connectivity index (χ0) is 15.2. The summed E-state index contributed by atoms with van der Waals surface area (Å²) in [5, 5.41) is 2.87. The lowest BCUT2D eigenvalue weighted by molar-refractivity contribution is 0.0937. The van der Waals surface area contributed by atoms with Crippen molar-refractivity contribution in [1.29, 1.82) is 0 Å². The molecule has 2 N–H and O–H groups in total. The molecule has 0 spiro atoms. The van der Waals surface area contributed by atoms with E-state index in [-0.39, 0.29) is 23.1 Å². The van der Waals surface area contributed by atoms with Gasteiger partial charge in [0.1, 0.15) is 5.56 Å². The number of amides is 1. The van der Waals surface area contributed by atoms with E-state index in [0.717, 1.165) is 18.5 Å². The van der Waals surface area contributed by atoms with Crippen molar-refractivity contribution in [2.24, 2.45) is 0 Å². The van der Waals surface area contributed by atoms with Crippen LogP contribution in [-0.4, -0.2) is 16.9 Å². The Labute approximate surface area is 124 Å². The van der Waals surface area contributed by atoms with Gasteiger partial charge in [0.15, 0.2) is 0 Å². The summed E-state index contributed by atoms with van der Waals surface area (Å²) in [6.45, 7) is 3.73. The first-order valence-corrected chi connectivity index (χ1v) is 7.11. The molecule has 21 heavy (non-hydrogen) atoms. The van der Waals surface area contributed by atoms with E-state index in [1.165, 1.54) is 5.56 Å². The highest BCUT2D eigenvalue weighted by Gasteiger charge is 2.13. The fourth-order valence-corrected chi connectivity index (χ4v) is 2.15. The second-order valence-corrected chi connectivity index (χ2v) is 5.28. The van der Waals surface area contributed by atoms with Gasteiger partial charge in [0.2, 0.25) is 0 Å². The average molecular weight is 284 g/mol. The zero-order valence-electron chi connectivity index (χ0n) is 12.3. The number of hydrogen-bond donors (Lipinski definition) is 2. The first-order chi connectivity index (χ1) is 10.1. The first-order valence-electron chi connectivity index (χ1n) is 7.11. The molecule has 0 saturated heterocycles.